The Hall–Kier alpha value is -0.0900. The lowest BCUT2D eigenvalue weighted by atomic mass is 10.2. The van der Waals surface area contributed by atoms with Crippen LogP contribution in [-0.2, 0) is 6.54 Å². The van der Waals surface area contributed by atoms with E-state index in [4.69, 9.17) is 16.7 Å². The van der Waals surface area contributed by atoms with Gasteiger partial charge in [-0.15, -0.1) is 0 Å². The van der Waals surface area contributed by atoms with Crippen molar-refractivity contribution in [1.82, 2.24) is 4.90 Å². The van der Waals surface area contributed by atoms with Crippen LogP contribution in [0.25, 0.3) is 0 Å². The summed E-state index contributed by atoms with van der Waals surface area (Å²) in [5.74, 6) is 0. The van der Waals surface area contributed by atoms with Gasteiger partial charge in [0.25, 0.3) is 0 Å². The van der Waals surface area contributed by atoms with E-state index in [2.05, 4.69) is 15.9 Å². The smallest absolute Gasteiger partial charge is 0.0593 e. The average molecular weight is 279 g/mol. The number of likely N-dealkylation sites (N-methyl/N-ethyl adjacent to an activating group) is 1. The molecule has 78 valence electrons. The predicted molar refractivity (Wildman–Crippen MR) is 62.6 cm³/mol. The van der Waals surface area contributed by atoms with E-state index >= 15 is 0 Å². The number of nitrogens with zero attached hydrogens (tertiary/aromatic N) is 1. The van der Waals surface area contributed by atoms with Crippen LogP contribution in [0.5, 0.6) is 0 Å². The van der Waals surface area contributed by atoms with Crippen LogP contribution in [0.3, 0.4) is 0 Å². The lowest BCUT2D eigenvalue weighted by molar-refractivity contribution is 0.217. The Morgan fingerprint density at radius 2 is 2.21 bits per heavy atom. The molecule has 0 amide bonds. The van der Waals surface area contributed by atoms with Gasteiger partial charge in [-0.25, -0.2) is 0 Å². The van der Waals surface area contributed by atoms with Gasteiger partial charge in [0, 0.05) is 17.6 Å². The number of aliphatic hydroxyl groups is 1. The molecule has 1 rings (SSSR count). The molecule has 4 heteroatoms. The van der Waals surface area contributed by atoms with Gasteiger partial charge in [-0.1, -0.05) is 23.7 Å². The van der Waals surface area contributed by atoms with Gasteiger partial charge in [0.1, 0.15) is 0 Å². The van der Waals surface area contributed by atoms with Crippen LogP contribution in [0.15, 0.2) is 22.7 Å². The van der Waals surface area contributed by atoms with Crippen molar-refractivity contribution in [3.8, 4) is 0 Å². The van der Waals surface area contributed by atoms with Crippen LogP contribution in [0.2, 0.25) is 5.02 Å². The van der Waals surface area contributed by atoms with Gasteiger partial charge in [0.2, 0.25) is 0 Å². The van der Waals surface area contributed by atoms with Gasteiger partial charge in [-0.05, 0) is 34.6 Å². The summed E-state index contributed by atoms with van der Waals surface area (Å²) in [4.78, 5) is 2.02. The molecule has 2 nitrogen and oxygen atoms in total. The highest BCUT2D eigenvalue weighted by Gasteiger charge is 2.06. The van der Waals surface area contributed by atoms with Gasteiger partial charge >= 0.3 is 0 Å². The Balaban J connectivity index is 2.71. The Morgan fingerprint density at radius 3 is 2.86 bits per heavy atom. The van der Waals surface area contributed by atoms with E-state index in [0.717, 1.165) is 21.6 Å². The molecule has 14 heavy (non-hydrogen) atoms. The van der Waals surface area contributed by atoms with E-state index in [1.165, 1.54) is 0 Å². The van der Waals surface area contributed by atoms with Crippen molar-refractivity contribution in [1.29, 1.82) is 0 Å². The highest BCUT2D eigenvalue weighted by Crippen LogP contribution is 2.26. The minimum Gasteiger partial charge on any atom is -0.395 e. The summed E-state index contributed by atoms with van der Waals surface area (Å²) in [5, 5.41) is 9.50. The first kappa shape index (κ1) is 12.0. The van der Waals surface area contributed by atoms with Gasteiger partial charge in [0.15, 0.2) is 0 Å². The summed E-state index contributed by atoms with van der Waals surface area (Å²) in [6, 6.07) is 5.86. The van der Waals surface area contributed by atoms with Crippen LogP contribution < -0.4 is 0 Å². The van der Waals surface area contributed by atoms with Gasteiger partial charge in [-0.3, -0.25) is 4.90 Å². The second-order valence-electron chi connectivity index (χ2n) is 3.17. The van der Waals surface area contributed by atoms with Crippen LogP contribution >= 0.6 is 27.5 Å². The quantitative estimate of drug-likeness (QED) is 0.915. The summed E-state index contributed by atoms with van der Waals surface area (Å²) in [6.07, 6.45) is 0. The van der Waals surface area contributed by atoms with Crippen molar-refractivity contribution in [3.63, 3.8) is 0 Å². The zero-order chi connectivity index (χ0) is 10.6. The van der Waals surface area contributed by atoms with Crippen LogP contribution in [0.4, 0.5) is 0 Å². The highest BCUT2D eigenvalue weighted by molar-refractivity contribution is 9.10. The zero-order valence-electron chi connectivity index (χ0n) is 8.00. The van der Waals surface area contributed by atoms with Gasteiger partial charge in [0.05, 0.1) is 11.6 Å². The van der Waals surface area contributed by atoms with Crippen molar-refractivity contribution in [2.24, 2.45) is 0 Å². The normalized spacial score (nSPS) is 10.9. The molecule has 0 aromatic heterocycles. The standard InChI is InChI=1S/C10H13BrClNO/c1-13(5-6-14)7-8-3-2-4-9(11)10(8)12/h2-4,14H,5-7H2,1H3. The lowest BCUT2D eigenvalue weighted by Crippen LogP contribution is -2.21. The second kappa shape index (κ2) is 5.71. The van der Waals surface area contributed by atoms with Crippen molar-refractivity contribution < 1.29 is 5.11 Å². The molecule has 0 radical (unpaired) electrons. The number of benzene rings is 1. The Morgan fingerprint density at radius 1 is 1.50 bits per heavy atom. The highest BCUT2D eigenvalue weighted by atomic mass is 79.9. The van der Waals surface area contributed by atoms with Crippen molar-refractivity contribution in [2.75, 3.05) is 20.2 Å². The third kappa shape index (κ3) is 3.24. The molecular formula is C10H13BrClNO. The molecule has 0 spiro atoms. The van der Waals surface area contributed by atoms with E-state index in [1.807, 2.05) is 30.1 Å². The molecule has 0 saturated carbocycles. The molecule has 1 aromatic rings. The first-order valence-corrected chi connectivity index (χ1v) is 5.54. The largest absolute Gasteiger partial charge is 0.395 e. The van der Waals surface area contributed by atoms with Crippen molar-refractivity contribution >= 4 is 27.5 Å². The Labute approximate surface area is 97.6 Å². The minimum atomic E-state index is 0.169. The molecule has 0 fully saturated rings. The summed E-state index contributed by atoms with van der Waals surface area (Å²) in [5.41, 5.74) is 1.07. The van der Waals surface area contributed by atoms with Crippen molar-refractivity contribution in [3.05, 3.63) is 33.3 Å². The van der Waals surface area contributed by atoms with E-state index in [1.54, 1.807) is 0 Å². The predicted octanol–water partition coefficient (Wildman–Crippen LogP) is 2.53. The Kier molecular flexibility index (Phi) is 4.89. The summed E-state index contributed by atoms with van der Waals surface area (Å²) in [6.45, 7) is 1.57. The summed E-state index contributed by atoms with van der Waals surface area (Å²) >= 11 is 9.48. The molecule has 1 aromatic carbocycles. The van der Waals surface area contributed by atoms with Crippen LogP contribution in [-0.4, -0.2) is 30.2 Å². The van der Waals surface area contributed by atoms with Crippen molar-refractivity contribution in [2.45, 2.75) is 6.54 Å². The van der Waals surface area contributed by atoms with Gasteiger partial charge in [-0.2, -0.15) is 0 Å². The maximum absolute atomic E-state index is 8.75. The van der Waals surface area contributed by atoms with Crippen LogP contribution in [0, 0.1) is 0 Å². The Bertz CT molecular complexity index is 306. The molecule has 0 aliphatic rings. The first-order chi connectivity index (χ1) is 6.65. The zero-order valence-corrected chi connectivity index (χ0v) is 10.3. The monoisotopic (exact) mass is 277 g/mol. The van der Waals surface area contributed by atoms with E-state index in [0.29, 0.717) is 6.54 Å². The summed E-state index contributed by atoms with van der Waals surface area (Å²) in [7, 11) is 1.95. The molecule has 0 aliphatic carbocycles. The third-order valence-electron chi connectivity index (χ3n) is 1.95. The molecule has 0 heterocycles. The fourth-order valence-electron chi connectivity index (χ4n) is 1.21. The minimum absolute atomic E-state index is 0.169. The number of hydrogen-bond acceptors (Lipinski definition) is 2. The maximum atomic E-state index is 8.75. The van der Waals surface area contributed by atoms with Gasteiger partial charge < -0.3 is 5.11 Å². The topological polar surface area (TPSA) is 23.5 Å². The van der Waals surface area contributed by atoms with Crippen LogP contribution in [0.1, 0.15) is 5.56 Å². The van der Waals surface area contributed by atoms with E-state index in [-0.39, 0.29) is 6.61 Å². The molecular weight excluding hydrogens is 265 g/mol. The number of halogens is 2. The molecule has 1 N–H and O–H groups in total. The third-order valence-corrected chi connectivity index (χ3v) is 3.29. The fraction of sp³-hybridized carbons (Fsp3) is 0.400. The fourth-order valence-corrected chi connectivity index (χ4v) is 1.80. The number of rotatable bonds is 4. The molecule has 0 aliphatic heterocycles. The maximum Gasteiger partial charge on any atom is 0.0593 e. The molecule has 0 atom stereocenters. The number of hydrogen-bond donors (Lipinski definition) is 1. The molecule has 0 saturated heterocycles. The van der Waals surface area contributed by atoms with E-state index in [9.17, 15) is 0 Å². The number of aliphatic hydroxyl groups excluding tert-OH is 1. The summed E-state index contributed by atoms with van der Waals surface area (Å²) < 4.78 is 0.911. The SMILES string of the molecule is CN(CCO)Cc1cccc(Br)c1Cl. The van der Waals surface area contributed by atoms with E-state index < -0.39 is 0 Å². The molecule has 0 unspecified atom stereocenters. The molecule has 0 bridgehead atoms. The lowest BCUT2D eigenvalue weighted by Gasteiger charge is -2.16. The average Bonchev–Trinajstić information content (AvgIpc) is 2.13. The first-order valence-electron chi connectivity index (χ1n) is 4.37. The second-order valence-corrected chi connectivity index (χ2v) is 4.41.